The van der Waals surface area contributed by atoms with Crippen LogP contribution in [0.1, 0.15) is 105 Å². The van der Waals surface area contributed by atoms with Crippen molar-refractivity contribution in [3.8, 4) is 0 Å². The maximum absolute atomic E-state index is 12.7. The van der Waals surface area contributed by atoms with Gasteiger partial charge in [-0.05, 0) is 91.3 Å². The largest absolute Gasteiger partial charge is 0.446 e. The minimum Gasteiger partial charge on any atom is -0.446 e. The highest BCUT2D eigenvalue weighted by Gasteiger charge is 2.59. The van der Waals surface area contributed by atoms with E-state index in [0.29, 0.717) is 124 Å². The Balaban J connectivity index is 0.943. The summed E-state index contributed by atoms with van der Waals surface area (Å²) in [5.41, 5.74) is 7.67. The number of carbonyl (C=O) groups excluding carboxylic acids is 1. The van der Waals surface area contributed by atoms with Gasteiger partial charge in [0.05, 0.1) is 106 Å². The van der Waals surface area contributed by atoms with Gasteiger partial charge in [-0.3, -0.25) is 0 Å². The molecule has 0 aromatic heterocycles. The first-order valence-corrected chi connectivity index (χ1v) is 23.1. The Labute approximate surface area is 352 Å². The SMILES string of the molecule is CC(C)CCC[C@@H](C)C1CCC2C3CC=C4C[C@@H](OC(=O)NCCOCCOCCOCCOCCOCCOCCOCCOCCN)CC[C@]4(C)C3CC[C@@]21C. The maximum atomic E-state index is 12.7. The Hall–Kier alpha value is -1.35. The monoisotopic (exact) mass is 825 g/mol. The van der Waals surface area contributed by atoms with Gasteiger partial charge in [-0.25, -0.2) is 4.79 Å². The molecular formula is C46H84N2O10. The number of alkyl carbamates (subject to hydrolysis) is 1. The van der Waals surface area contributed by atoms with Crippen LogP contribution in [0.25, 0.3) is 0 Å². The highest BCUT2D eigenvalue weighted by Crippen LogP contribution is 2.67. The van der Waals surface area contributed by atoms with Crippen LogP contribution >= 0.6 is 0 Å². The Bertz CT molecular complexity index is 1140. The van der Waals surface area contributed by atoms with Gasteiger partial charge in [-0.15, -0.1) is 0 Å². The summed E-state index contributed by atoms with van der Waals surface area (Å²) >= 11 is 0. The van der Waals surface area contributed by atoms with Crippen molar-refractivity contribution in [3.63, 3.8) is 0 Å². The number of fused-ring (bicyclic) bond motifs is 5. The van der Waals surface area contributed by atoms with Crippen molar-refractivity contribution in [2.45, 2.75) is 111 Å². The van der Waals surface area contributed by atoms with E-state index in [9.17, 15) is 4.79 Å². The second kappa shape index (κ2) is 27.6. The number of nitrogens with two attached hydrogens (primary N) is 1. The molecule has 0 aromatic rings. The summed E-state index contributed by atoms with van der Waals surface area (Å²) in [6.07, 6.45) is 16.1. The fraction of sp³-hybridized carbons (Fsp3) is 0.935. The zero-order chi connectivity index (χ0) is 41.5. The maximum Gasteiger partial charge on any atom is 0.407 e. The van der Waals surface area contributed by atoms with Crippen molar-refractivity contribution < 1.29 is 47.4 Å². The van der Waals surface area contributed by atoms with Crippen LogP contribution in [0, 0.1) is 46.3 Å². The lowest BCUT2D eigenvalue weighted by Gasteiger charge is -2.58. The summed E-state index contributed by atoms with van der Waals surface area (Å²) < 4.78 is 49.8. The predicted molar refractivity (Wildman–Crippen MR) is 227 cm³/mol. The van der Waals surface area contributed by atoms with Crippen molar-refractivity contribution in [2.75, 3.05) is 119 Å². The number of nitrogens with one attached hydrogen (secondary N) is 1. The zero-order valence-electron chi connectivity index (χ0n) is 37.3. The third-order valence-corrected chi connectivity index (χ3v) is 13.9. The van der Waals surface area contributed by atoms with Crippen LogP contribution in [0.5, 0.6) is 0 Å². The van der Waals surface area contributed by atoms with Gasteiger partial charge in [0.15, 0.2) is 0 Å². The minimum atomic E-state index is -0.339. The first-order valence-electron chi connectivity index (χ1n) is 23.1. The van der Waals surface area contributed by atoms with Crippen LogP contribution in [0.15, 0.2) is 11.6 Å². The molecule has 338 valence electrons. The fourth-order valence-corrected chi connectivity index (χ4v) is 10.9. The molecule has 0 saturated heterocycles. The molecule has 8 atom stereocenters. The summed E-state index contributed by atoms with van der Waals surface area (Å²) in [6, 6.07) is 0. The van der Waals surface area contributed by atoms with Gasteiger partial charge in [0.25, 0.3) is 0 Å². The molecule has 4 rings (SSSR count). The Kier molecular flexibility index (Phi) is 23.4. The lowest BCUT2D eigenvalue weighted by molar-refractivity contribution is -0.0581. The predicted octanol–water partition coefficient (Wildman–Crippen LogP) is 7.21. The van der Waals surface area contributed by atoms with Crippen LogP contribution in [-0.4, -0.2) is 131 Å². The standard InChI is InChI=1S/C46H84N2O10/c1-36(2)7-6-8-37(3)41-11-12-42-40-10-9-38-35-39(13-15-45(38,4)43(40)14-16-46(41,42)5)58-44(49)48-18-20-51-22-24-53-26-28-55-30-32-57-34-33-56-31-29-54-27-25-52-23-21-50-19-17-47/h9,36-37,39-43H,6-8,10-35,47H2,1-5H3,(H,48,49)/t37-,39+,40?,41?,42?,43?,45+,46-/m1/s1. The van der Waals surface area contributed by atoms with Gasteiger partial charge < -0.3 is 53.7 Å². The lowest BCUT2D eigenvalue weighted by atomic mass is 9.47. The van der Waals surface area contributed by atoms with Gasteiger partial charge in [0, 0.05) is 19.5 Å². The van der Waals surface area contributed by atoms with Crippen LogP contribution in [-0.2, 0) is 42.6 Å². The number of carbonyl (C=O) groups is 1. The molecule has 4 unspecified atom stereocenters. The number of ether oxygens (including phenoxy) is 9. The molecule has 0 aliphatic heterocycles. The number of rotatable bonds is 32. The van der Waals surface area contributed by atoms with Crippen molar-refractivity contribution in [1.29, 1.82) is 0 Å². The molecule has 0 radical (unpaired) electrons. The van der Waals surface area contributed by atoms with E-state index in [0.717, 1.165) is 54.8 Å². The third kappa shape index (κ3) is 16.2. The molecule has 0 spiro atoms. The van der Waals surface area contributed by atoms with E-state index in [1.807, 2.05) is 0 Å². The molecule has 1 amide bonds. The highest BCUT2D eigenvalue weighted by molar-refractivity contribution is 5.67. The van der Waals surface area contributed by atoms with E-state index in [1.54, 1.807) is 5.57 Å². The number of allylic oxidation sites excluding steroid dienone is 1. The van der Waals surface area contributed by atoms with Crippen molar-refractivity contribution >= 4 is 6.09 Å². The quantitative estimate of drug-likeness (QED) is 0.0526. The van der Waals surface area contributed by atoms with E-state index in [-0.39, 0.29) is 17.6 Å². The molecule has 3 N–H and O–H groups in total. The molecule has 4 aliphatic carbocycles. The first-order chi connectivity index (χ1) is 28.2. The Morgan fingerprint density at radius 2 is 1.22 bits per heavy atom. The van der Waals surface area contributed by atoms with Crippen LogP contribution in [0.3, 0.4) is 0 Å². The molecule has 0 heterocycles. The molecule has 0 aromatic carbocycles. The molecule has 12 heteroatoms. The molecule has 12 nitrogen and oxygen atoms in total. The van der Waals surface area contributed by atoms with Crippen molar-refractivity contribution in [3.05, 3.63) is 11.6 Å². The molecule has 3 fully saturated rings. The van der Waals surface area contributed by atoms with Gasteiger partial charge in [0.1, 0.15) is 6.10 Å². The van der Waals surface area contributed by atoms with Crippen LogP contribution in [0.2, 0.25) is 0 Å². The number of hydrogen-bond acceptors (Lipinski definition) is 11. The highest BCUT2D eigenvalue weighted by atomic mass is 16.6. The Morgan fingerprint density at radius 1 is 0.690 bits per heavy atom. The minimum absolute atomic E-state index is 0.0458. The lowest BCUT2D eigenvalue weighted by Crippen LogP contribution is -2.51. The average molecular weight is 825 g/mol. The normalized spacial score (nSPS) is 28.5. The summed E-state index contributed by atoms with van der Waals surface area (Å²) in [7, 11) is 0. The molecule has 0 bridgehead atoms. The number of amides is 1. The van der Waals surface area contributed by atoms with Gasteiger partial charge >= 0.3 is 6.09 Å². The van der Waals surface area contributed by atoms with Gasteiger partial charge in [-0.1, -0.05) is 65.5 Å². The van der Waals surface area contributed by atoms with E-state index < -0.39 is 0 Å². The zero-order valence-corrected chi connectivity index (χ0v) is 37.3. The third-order valence-electron chi connectivity index (χ3n) is 13.9. The van der Waals surface area contributed by atoms with E-state index in [4.69, 9.17) is 48.4 Å². The van der Waals surface area contributed by atoms with Gasteiger partial charge in [-0.2, -0.15) is 0 Å². The fourth-order valence-electron chi connectivity index (χ4n) is 10.9. The topological polar surface area (TPSA) is 138 Å². The average Bonchev–Trinajstić information content (AvgIpc) is 3.56. The summed E-state index contributed by atoms with van der Waals surface area (Å²) in [5.74, 6) is 4.99. The van der Waals surface area contributed by atoms with E-state index in [2.05, 4.69) is 46.0 Å². The summed E-state index contributed by atoms with van der Waals surface area (Å²) in [6.45, 7) is 21.5. The number of hydrogen-bond donors (Lipinski definition) is 2. The van der Waals surface area contributed by atoms with Gasteiger partial charge in [0.2, 0.25) is 0 Å². The smallest absolute Gasteiger partial charge is 0.407 e. The summed E-state index contributed by atoms with van der Waals surface area (Å²) in [4.78, 5) is 12.7. The molecular weight excluding hydrogens is 741 g/mol. The van der Waals surface area contributed by atoms with Crippen LogP contribution in [0.4, 0.5) is 4.79 Å². The van der Waals surface area contributed by atoms with E-state index in [1.165, 1.54) is 51.4 Å². The second-order valence-electron chi connectivity index (χ2n) is 18.2. The molecule has 58 heavy (non-hydrogen) atoms. The molecule has 3 saturated carbocycles. The summed E-state index contributed by atoms with van der Waals surface area (Å²) in [5, 5.41) is 2.88. The van der Waals surface area contributed by atoms with Crippen molar-refractivity contribution in [2.24, 2.45) is 52.1 Å². The van der Waals surface area contributed by atoms with E-state index >= 15 is 0 Å². The Morgan fingerprint density at radius 3 is 1.76 bits per heavy atom. The van der Waals surface area contributed by atoms with Crippen molar-refractivity contribution in [1.82, 2.24) is 5.32 Å². The molecule has 4 aliphatic rings. The second-order valence-corrected chi connectivity index (χ2v) is 18.2. The first kappa shape index (κ1) is 49.3. The van der Waals surface area contributed by atoms with Crippen LogP contribution < -0.4 is 11.1 Å².